The Morgan fingerprint density at radius 2 is 2.29 bits per heavy atom. The number of rotatable bonds is 4. The van der Waals surface area contributed by atoms with Crippen molar-refractivity contribution >= 4 is 39.0 Å². The molecule has 0 bridgehead atoms. The fraction of sp³-hybridized carbons (Fsp3) is 0.364. The maximum atomic E-state index is 12.1. The molecule has 92 valence electrons. The van der Waals surface area contributed by atoms with E-state index in [2.05, 4.69) is 20.9 Å². The summed E-state index contributed by atoms with van der Waals surface area (Å²) in [6, 6.07) is 1.71. The Balaban J connectivity index is 2.79. The molecule has 0 saturated carbocycles. The van der Waals surface area contributed by atoms with E-state index in [9.17, 15) is 4.79 Å². The number of thiocarbonyl (C=S) groups is 1. The molecular weight excluding hydrogens is 302 g/mol. The molecule has 0 spiro atoms. The summed E-state index contributed by atoms with van der Waals surface area (Å²) in [6.45, 7) is 1.91. The Bertz CT molecular complexity index is 438. The second-order valence-electron chi connectivity index (χ2n) is 3.83. The van der Waals surface area contributed by atoms with Crippen molar-refractivity contribution in [2.75, 3.05) is 7.05 Å². The molecule has 4 nitrogen and oxygen atoms in total. The lowest BCUT2D eigenvalue weighted by atomic mass is 10.2. The molecule has 1 amide bonds. The van der Waals surface area contributed by atoms with Gasteiger partial charge in [-0.25, -0.2) is 0 Å². The van der Waals surface area contributed by atoms with Crippen molar-refractivity contribution in [2.45, 2.75) is 19.4 Å². The third-order valence-electron chi connectivity index (χ3n) is 2.43. The summed E-state index contributed by atoms with van der Waals surface area (Å²) in [5.74, 6) is -0.0949. The SMILES string of the molecule is CC(CC(N)=S)N(C)C(=O)c1cncc(Br)c1. The molecular formula is C11H14BrN3OS. The van der Waals surface area contributed by atoms with Crippen LogP contribution in [0.25, 0.3) is 0 Å². The number of carbonyl (C=O) groups excluding carboxylic acids is 1. The number of hydrogen-bond acceptors (Lipinski definition) is 3. The minimum Gasteiger partial charge on any atom is -0.393 e. The summed E-state index contributed by atoms with van der Waals surface area (Å²) in [7, 11) is 1.73. The summed E-state index contributed by atoms with van der Waals surface area (Å²) in [5, 5.41) is 0. The number of aromatic nitrogens is 1. The van der Waals surface area contributed by atoms with Crippen LogP contribution in [0.15, 0.2) is 22.9 Å². The van der Waals surface area contributed by atoms with Crippen LogP contribution in [0.2, 0.25) is 0 Å². The number of nitrogens with two attached hydrogens (primary N) is 1. The Morgan fingerprint density at radius 3 is 2.82 bits per heavy atom. The zero-order valence-electron chi connectivity index (χ0n) is 9.68. The van der Waals surface area contributed by atoms with E-state index in [1.54, 1.807) is 24.2 Å². The van der Waals surface area contributed by atoms with Crippen LogP contribution in [-0.2, 0) is 0 Å². The maximum Gasteiger partial charge on any atom is 0.255 e. The van der Waals surface area contributed by atoms with Gasteiger partial charge in [0.25, 0.3) is 5.91 Å². The van der Waals surface area contributed by atoms with Crippen molar-refractivity contribution in [2.24, 2.45) is 5.73 Å². The second-order valence-corrected chi connectivity index (χ2v) is 5.27. The largest absolute Gasteiger partial charge is 0.393 e. The molecule has 1 aromatic heterocycles. The van der Waals surface area contributed by atoms with Gasteiger partial charge in [0.05, 0.1) is 10.6 Å². The van der Waals surface area contributed by atoms with E-state index in [4.69, 9.17) is 18.0 Å². The monoisotopic (exact) mass is 315 g/mol. The molecule has 0 aliphatic rings. The molecule has 0 fully saturated rings. The van der Waals surface area contributed by atoms with E-state index in [1.807, 2.05) is 6.92 Å². The number of hydrogen-bond donors (Lipinski definition) is 1. The zero-order chi connectivity index (χ0) is 13.0. The van der Waals surface area contributed by atoms with Gasteiger partial charge < -0.3 is 10.6 Å². The van der Waals surface area contributed by atoms with Crippen LogP contribution >= 0.6 is 28.1 Å². The lowest BCUT2D eigenvalue weighted by molar-refractivity contribution is 0.0747. The quantitative estimate of drug-likeness (QED) is 0.863. The van der Waals surface area contributed by atoms with Crippen molar-refractivity contribution in [3.05, 3.63) is 28.5 Å². The van der Waals surface area contributed by atoms with Crippen molar-refractivity contribution in [1.29, 1.82) is 0 Å². The number of pyridine rings is 1. The maximum absolute atomic E-state index is 12.1. The fourth-order valence-electron chi connectivity index (χ4n) is 1.36. The van der Waals surface area contributed by atoms with Crippen molar-refractivity contribution in [3.8, 4) is 0 Å². The molecule has 0 saturated heterocycles. The average molecular weight is 316 g/mol. The first kappa shape index (κ1) is 14.1. The van der Waals surface area contributed by atoms with Crippen molar-refractivity contribution in [1.82, 2.24) is 9.88 Å². The highest BCUT2D eigenvalue weighted by Crippen LogP contribution is 2.13. The van der Waals surface area contributed by atoms with Gasteiger partial charge in [-0.3, -0.25) is 9.78 Å². The fourth-order valence-corrected chi connectivity index (χ4v) is 1.97. The van der Waals surface area contributed by atoms with Crippen LogP contribution in [0.1, 0.15) is 23.7 Å². The first-order chi connectivity index (χ1) is 7.91. The summed E-state index contributed by atoms with van der Waals surface area (Å²) < 4.78 is 0.777. The van der Waals surface area contributed by atoms with Gasteiger partial charge in [-0.2, -0.15) is 0 Å². The normalized spacial score (nSPS) is 11.9. The molecule has 0 aromatic carbocycles. The zero-order valence-corrected chi connectivity index (χ0v) is 12.1. The Hall–Kier alpha value is -1.01. The molecule has 2 N–H and O–H groups in total. The summed E-state index contributed by atoms with van der Waals surface area (Å²) in [4.78, 5) is 18.1. The lowest BCUT2D eigenvalue weighted by Gasteiger charge is -2.24. The van der Waals surface area contributed by atoms with E-state index in [1.165, 1.54) is 6.20 Å². The van der Waals surface area contributed by atoms with Gasteiger partial charge in [-0.15, -0.1) is 0 Å². The van der Waals surface area contributed by atoms with Crippen LogP contribution in [-0.4, -0.2) is 33.9 Å². The highest BCUT2D eigenvalue weighted by atomic mass is 79.9. The molecule has 1 rings (SSSR count). The van der Waals surface area contributed by atoms with Crippen LogP contribution in [0.3, 0.4) is 0 Å². The van der Waals surface area contributed by atoms with E-state index in [0.29, 0.717) is 17.0 Å². The molecule has 1 aromatic rings. The second kappa shape index (κ2) is 6.07. The number of amides is 1. The lowest BCUT2D eigenvalue weighted by Crippen LogP contribution is -2.37. The van der Waals surface area contributed by atoms with E-state index in [0.717, 1.165) is 4.47 Å². The molecule has 6 heteroatoms. The molecule has 17 heavy (non-hydrogen) atoms. The number of carbonyl (C=O) groups is 1. The Kier molecular flexibility index (Phi) is 5.02. The van der Waals surface area contributed by atoms with Gasteiger partial charge in [0.2, 0.25) is 0 Å². The smallest absolute Gasteiger partial charge is 0.255 e. The van der Waals surface area contributed by atoms with Crippen molar-refractivity contribution in [3.63, 3.8) is 0 Å². The van der Waals surface area contributed by atoms with Gasteiger partial charge >= 0.3 is 0 Å². The minimum absolute atomic E-state index is 0.0287. The Morgan fingerprint density at radius 1 is 1.65 bits per heavy atom. The molecule has 1 atom stereocenters. The Labute approximate surface area is 114 Å². The van der Waals surface area contributed by atoms with Gasteiger partial charge in [-0.05, 0) is 28.9 Å². The molecule has 1 heterocycles. The topological polar surface area (TPSA) is 59.2 Å². The third-order valence-corrected chi connectivity index (χ3v) is 3.03. The molecule has 0 aliphatic heterocycles. The predicted molar refractivity (Wildman–Crippen MR) is 74.9 cm³/mol. The number of nitrogens with zero attached hydrogens (tertiary/aromatic N) is 2. The van der Waals surface area contributed by atoms with E-state index >= 15 is 0 Å². The number of halogens is 1. The first-order valence-electron chi connectivity index (χ1n) is 5.08. The van der Waals surface area contributed by atoms with Crippen molar-refractivity contribution < 1.29 is 4.79 Å². The predicted octanol–water partition coefficient (Wildman–Crippen LogP) is 1.98. The highest BCUT2D eigenvalue weighted by molar-refractivity contribution is 9.10. The van der Waals surface area contributed by atoms with Crippen LogP contribution in [0.5, 0.6) is 0 Å². The average Bonchev–Trinajstić information content (AvgIpc) is 2.26. The van der Waals surface area contributed by atoms with Crippen LogP contribution in [0, 0.1) is 0 Å². The standard InChI is InChI=1S/C11H14BrN3OS/c1-7(3-10(13)17)15(2)11(16)8-4-9(12)6-14-5-8/h4-7H,3H2,1-2H3,(H2,13,17). The summed E-state index contributed by atoms with van der Waals surface area (Å²) in [5.41, 5.74) is 6.01. The van der Waals surface area contributed by atoms with E-state index in [-0.39, 0.29) is 11.9 Å². The molecule has 0 aliphatic carbocycles. The minimum atomic E-state index is -0.0949. The van der Waals surface area contributed by atoms with Gasteiger partial charge in [0.1, 0.15) is 0 Å². The van der Waals surface area contributed by atoms with Crippen LogP contribution in [0.4, 0.5) is 0 Å². The molecule has 1 unspecified atom stereocenters. The summed E-state index contributed by atoms with van der Waals surface area (Å²) in [6.07, 6.45) is 3.69. The van der Waals surface area contributed by atoms with Crippen LogP contribution < -0.4 is 5.73 Å². The van der Waals surface area contributed by atoms with E-state index < -0.39 is 0 Å². The van der Waals surface area contributed by atoms with Gasteiger partial charge in [0.15, 0.2) is 0 Å². The molecule has 0 radical (unpaired) electrons. The third kappa shape index (κ3) is 4.05. The van der Waals surface area contributed by atoms with Gasteiger partial charge in [0, 0.05) is 36.4 Å². The highest BCUT2D eigenvalue weighted by Gasteiger charge is 2.18. The van der Waals surface area contributed by atoms with Gasteiger partial charge in [-0.1, -0.05) is 12.2 Å². The summed E-state index contributed by atoms with van der Waals surface area (Å²) >= 11 is 8.12. The first-order valence-corrected chi connectivity index (χ1v) is 6.28.